The molecule has 0 spiro atoms. The van der Waals surface area contributed by atoms with Gasteiger partial charge in [0.25, 0.3) is 0 Å². The van der Waals surface area contributed by atoms with Gasteiger partial charge < -0.3 is 19.6 Å². The van der Waals surface area contributed by atoms with Crippen molar-refractivity contribution in [1.82, 2.24) is 5.32 Å². The third-order valence-corrected chi connectivity index (χ3v) is 10.2. The van der Waals surface area contributed by atoms with E-state index in [1.165, 1.54) is 6.26 Å². The Kier molecular flexibility index (Phi) is 7.16. The number of carbonyl (C=O) groups excluding carboxylic acids is 5. The number of amides is 1. The number of fused-ring (bicyclic) bond motifs is 5. The van der Waals surface area contributed by atoms with Gasteiger partial charge in [-0.05, 0) is 67.6 Å². The molecule has 6 atom stereocenters. The van der Waals surface area contributed by atoms with E-state index in [-0.39, 0.29) is 72.9 Å². The van der Waals surface area contributed by atoms with E-state index in [9.17, 15) is 29.1 Å². The maximum Gasteiger partial charge on any atom is 0.306 e. The second-order valence-electron chi connectivity index (χ2n) is 12.2. The minimum absolute atomic E-state index is 0.0151. The van der Waals surface area contributed by atoms with Crippen molar-refractivity contribution in [1.29, 1.82) is 0 Å². The SMILES string of the molecule is C[C@]12CCC(=O)C=C1CC[C@H]1[C@@H]2C(=O)C[C@]2(C)[C@H]1CC[C@]2(O)C(=O)COC(=O)CCC(=O)NCc1ccco1. The lowest BCUT2D eigenvalue weighted by Gasteiger charge is -2.57. The van der Waals surface area contributed by atoms with Gasteiger partial charge in [0.05, 0.1) is 19.2 Å². The topological polar surface area (TPSA) is 140 Å². The average Bonchev–Trinajstić information content (AvgIpc) is 3.51. The van der Waals surface area contributed by atoms with Crippen molar-refractivity contribution in [2.24, 2.45) is 28.6 Å². The fourth-order valence-corrected chi connectivity index (χ4v) is 8.09. The molecular weight excluding hydrogens is 502 g/mol. The summed E-state index contributed by atoms with van der Waals surface area (Å²) in [5.41, 5.74) is -1.98. The van der Waals surface area contributed by atoms with Crippen LogP contribution in [0.1, 0.15) is 77.4 Å². The maximum atomic E-state index is 13.7. The van der Waals surface area contributed by atoms with Crippen molar-refractivity contribution >= 4 is 29.2 Å². The lowest BCUT2D eigenvalue weighted by atomic mass is 9.46. The molecule has 9 nitrogen and oxygen atoms in total. The van der Waals surface area contributed by atoms with Crippen molar-refractivity contribution in [3.63, 3.8) is 0 Å². The number of allylic oxidation sites excluding steroid dienone is 1. The Balaban J connectivity index is 1.19. The highest BCUT2D eigenvalue weighted by Crippen LogP contribution is 2.66. The van der Waals surface area contributed by atoms with Crippen molar-refractivity contribution in [3.8, 4) is 0 Å². The first-order valence-corrected chi connectivity index (χ1v) is 13.9. The molecule has 2 N–H and O–H groups in total. The summed E-state index contributed by atoms with van der Waals surface area (Å²) in [5.74, 6) is -1.07. The fraction of sp³-hybridized carbons (Fsp3) is 0.633. The number of carbonyl (C=O) groups is 5. The van der Waals surface area contributed by atoms with E-state index in [0.717, 1.165) is 18.4 Å². The van der Waals surface area contributed by atoms with Crippen LogP contribution >= 0.6 is 0 Å². The number of ether oxygens (including phenoxy) is 1. The van der Waals surface area contributed by atoms with E-state index in [0.29, 0.717) is 25.0 Å². The lowest BCUT2D eigenvalue weighted by molar-refractivity contribution is -0.173. The van der Waals surface area contributed by atoms with Gasteiger partial charge in [-0.15, -0.1) is 0 Å². The van der Waals surface area contributed by atoms with Crippen LogP contribution in [0, 0.1) is 28.6 Å². The smallest absolute Gasteiger partial charge is 0.306 e. The normalized spacial score (nSPS) is 35.4. The molecule has 0 radical (unpaired) electrons. The first-order chi connectivity index (χ1) is 18.5. The number of Topliss-reactive ketones (excluding diaryl/α,β-unsaturated/α-hetero) is 2. The number of hydrogen-bond acceptors (Lipinski definition) is 8. The van der Waals surface area contributed by atoms with Gasteiger partial charge >= 0.3 is 5.97 Å². The van der Waals surface area contributed by atoms with Crippen LogP contribution < -0.4 is 5.32 Å². The van der Waals surface area contributed by atoms with Gasteiger partial charge in [0.1, 0.15) is 17.1 Å². The molecule has 0 aromatic carbocycles. The third kappa shape index (κ3) is 4.68. The number of ketones is 3. The maximum absolute atomic E-state index is 13.7. The molecule has 0 unspecified atom stereocenters. The number of nitrogens with one attached hydrogen (secondary N) is 1. The van der Waals surface area contributed by atoms with Crippen LogP contribution in [0.4, 0.5) is 0 Å². The molecule has 5 rings (SSSR count). The molecule has 3 saturated carbocycles. The second kappa shape index (κ2) is 10.2. The summed E-state index contributed by atoms with van der Waals surface area (Å²) in [5, 5.41) is 14.4. The minimum Gasteiger partial charge on any atom is -0.467 e. The van der Waals surface area contributed by atoms with Crippen LogP contribution in [0.2, 0.25) is 0 Å². The van der Waals surface area contributed by atoms with E-state index in [2.05, 4.69) is 12.2 Å². The van der Waals surface area contributed by atoms with E-state index in [1.54, 1.807) is 18.2 Å². The Hall–Kier alpha value is -3.07. The van der Waals surface area contributed by atoms with Crippen molar-refractivity contribution in [2.75, 3.05) is 6.61 Å². The van der Waals surface area contributed by atoms with Crippen molar-refractivity contribution in [2.45, 2.75) is 83.8 Å². The molecule has 1 heterocycles. The largest absolute Gasteiger partial charge is 0.467 e. The van der Waals surface area contributed by atoms with Gasteiger partial charge in [-0.2, -0.15) is 0 Å². The monoisotopic (exact) mass is 539 g/mol. The zero-order valence-corrected chi connectivity index (χ0v) is 22.6. The molecule has 0 saturated heterocycles. The van der Waals surface area contributed by atoms with E-state index in [1.807, 2.05) is 6.92 Å². The Morgan fingerprint density at radius 3 is 2.67 bits per heavy atom. The molecule has 210 valence electrons. The summed E-state index contributed by atoms with van der Waals surface area (Å²) in [6.07, 6.45) is 6.47. The van der Waals surface area contributed by atoms with E-state index < -0.39 is 29.4 Å². The van der Waals surface area contributed by atoms with E-state index >= 15 is 0 Å². The van der Waals surface area contributed by atoms with E-state index in [4.69, 9.17) is 9.15 Å². The second-order valence-corrected chi connectivity index (χ2v) is 12.2. The summed E-state index contributed by atoms with van der Waals surface area (Å²) < 4.78 is 10.3. The molecule has 9 heteroatoms. The van der Waals surface area contributed by atoms with Crippen LogP contribution in [0.5, 0.6) is 0 Å². The molecule has 4 aliphatic carbocycles. The number of hydrogen-bond donors (Lipinski definition) is 2. The number of aliphatic hydroxyl groups is 1. The zero-order chi connectivity index (χ0) is 28.0. The Bertz CT molecular complexity index is 1220. The van der Waals surface area contributed by atoms with Gasteiger partial charge in [0.15, 0.2) is 12.4 Å². The molecule has 1 aromatic heterocycles. The van der Waals surface area contributed by atoms with Crippen molar-refractivity contribution < 1.29 is 38.2 Å². The van der Waals surface area contributed by atoms with Crippen molar-refractivity contribution in [3.05, 3.63) is 35.8 Å². The standard InChI is InChI=1S/C30H37NO8/c1-28-11-9-19(32)14-18(28)5-6-21-22-10-12-30(37,29(22,2)15-23(33)27(21)28)24(34)17-39-26(36)8-7-25(35)31-16-20-4-3-13-38-20/h3-4,13-14,21-22,27,37H,5-12,15-17H2,1-2H3,(H,31,35)/t21-,22+,27-,28+,29-,30+/m1/s1. The van der Waals surface area contributed by atoms with Crippen LogP contribution in [-0.2, 0) is 35.3 Å². The average molecular weight is 540 g/mol. The summed E-state index contributed by atoms with van der Waals surface area (Å²) in [7, 11) is 0. The summed E-state index contributed by atoms with van der Waals surface area (Å²) in [4.78, 5) is 63.3. The van der Waals surface area contributed by atoms with Crippen LogP contribution in [-0.4, -0.2) is 46.5 Å². The zero-order valence-electron chi connectivity index (χ0n) is 22.6. The third-order valence-electron chi connectivity index (χ3n) is 10.2. The van der Waals surface area contributed by atoms with Crippen LogP contribution in [0.3, 0.4) is 0 Å². The number of furan rings is 1. The molecular formula is C30H37NO8. The predicted molar refractivity (Wildman–Crippen MR) is 138 cm³/mol. The fourth-order valence-electron chi connectivity index (χ4n) is 8.09. The minimum atomic E-state index is -1.77. The molecule has 1 aromatic rings. The Morgan fingerprint density at radius 1 is 1.13 bits per heavy atom. The molecule has 0 aliphatic heterocycles. The Labute approximate surface area is 227 Å². The number of rotatable bonds is 8. The highest BCUT2D eigenvalue weighted by atomic mass is 16.5. The molecule has 39 heavy (non-hydrogen) atoms. The van der Waals surface area contributed by atoms with Crippen LogP contribution in [0.15, 0.2) is 34.5 Å². The van der Waals surface area contributed by atoms with Gasteiger partial charge in [0, 0.05) is 30.6 Å². The van der Waals surface area contributed by atoms with Gasteiger partial charge in [0.2, 0.25) is 11.7 Å². The quantitative estimate of drug-likeness (QED) is 0.480. The van der Waals surface area contributed by atoms with Gasteiger partial charge in [-0.1, -0.05) is 19.4 Å². The first kappa shape index (κ1) is 27.5. The molecule has 4 aliphatic rings. The summed E-state index contributed by atoms with van der Waals surface area (Å²) >= 11 is 0. The molecule has 0 bridgehead atoms. The predicted octanol–water partition coefficient (Wildman–Crippen LogP) is 3.23. The highest BCUT2D eigenvalue weighted by molar-refractivity contribution is 5.95. The highest BCUT2D eigenvalue weighted by Gasteiger charge is 2.68. The molecule has 1 amide bonds. The first-order valence-electron chi connectivity index (χ1n) is 13.9. The number of esters is 1. The summed E-state index contributed by atoms with van der Waals surface area (Å²) in [6, 6.07) is 3.43. The van der Waals surface area contributed by atoms with Gasteiger partial charge in [-0.3, -0.25) is 24.0 Å². The molecule has 3 fully saturated rings. The summed E-state index contributed by atoms with van der Waals surface area (Å²) in [6.45, 7) is 3.55. The Morgan fingerprint density at radius 2 is 1.92 bits per heavy atom. The van der Waals surface area contributed by atoms with Gasteiger partial charge in [-0.25, -0.2) is 0 Å². The van der Waals surface area contributed by atoms with Crippen LogP contribution in [0.25, 0.3) is 0 Å². The lowest BCUT2D eigenvalue weighted by Crippen LogP contribution is -2.61.